The molecule has 0 aliphatic heterocycles. The molecular weight excluding hydrogens is 256 g/mol. The van der Waals surface area contributed by atoms with E-state index in [-0.39, 0.29) is 11.3 Å². The number of nitro groups is 1. The summed E-state index contributed by atoms with van der Waals surface area (Å²) < 4.78 is 0. The molecule has 0 radical (unpaired) electrons. The fraction of sp³-hybridized carbons (Fsp3) is 0.133. The van der Waals surface area contributed by atoms with Gasteiger partial charge in [-0.2, -0.15) is 0 Å². The van der Waals surface area contributed by atoms with Crippen LogP contribution in [0.15, 0.2) is 42.5 Å². The van der Waals surface area contributed by atoms with Gasteiger partial charge in [0.1, 0.15) is 5.56 Å². The van der Waals surface area contributed by atoms with Crippen LogP contribution in [-0.4, -0.2) is 10.8 Å². The number of benzene rings is 2. The van der Waals surface area contributed by atoms with Gasteiger partial charge >= 0.3 is 0 Å². The Bertz CT molecular complexity index is 660. The minimum Gasteiger partial charge on any atom is -0.321 e. The maximum atomic E-state index is 12.2. The highest BCUT2D eigenvalue weighted by Gasteiger charge is 2.19. The number of anilines is 1. The first-order chi connectivity index (χ1) is 9.50. The molecule has 0 aliphatic rings. The van der Waals surface area contributed by atoms with Crippen LogP contribution in [-0.2, 0) is 0 Å². The third kappa shape index (κ3) is 2.66. The van der Waals surface area contributed by atoms with E-state index in [0.717, 1.165) is 11.1 Å². The Morgan fingerprint density at radius 1 is 1.05 bits per heavy atom. The van der Waals surface area contributed by atoms with Gasteiger partial charge < -0.3 is 5.32 Å². The van der Waals surface area contributed by atoms with Gasteiger partial charge in [-0.25, -0.2) is 0 Å². The van der Waals surface area contributed by atoms with Crippen molar-refractivity contribution in [3.05, 3.63) is 69.3 Å². The molecule has 0 atom stereocenters. The van der Waals surface area contributed by atoms with Gasteiger partial charge in [0.25, 0.3) is 11.6 Å². The van der Waals surface area contributed by atoms with Crippen LogP contribution in [0.2, 0.25) is 0 Å². The third-order valence-corrected chi connectivity index (χ3v) is 3.07. The lowest BCUT2D eigenvalue weighted by Crippen LogP contribution is -2.15. The molecule has 0 fully saturated rings. The molecule has 0 aliphatic carbocycles. The quantitative estimate of drug-likeness (QED) is 0.685. The van der Waals surface area contributed by atoms with Crippen molar-refractivity contribution in [3.63, 3.8) is 0 Å². The van der Waals surface area contributed by atoms with Gasteiger partial charge in [-0.3, -0.25) is 14.9 Å². The number of hydrogen-bond donors (Lipinski definition) is 1. The Labute approximate surface area is 116 Å². The molecule has 2 aromatic rings. The fourth-order valence-electron chi connectivity index (χ4n) is 2.02. The predicted octanol–water partition coefficient (Wildman–Crippen LogP) is 3.46. The molecule has 0 heterocycles. The van der Waals surface area contributed by atoms with Crippen LogP contribution in [0.25, 0.3) is 0 Å². The van der Waals surface area contributed by atoms with Crippen LogP contribution in [0.4, 0.5) is 11.4 Å². The lowest BCUT2D eigenvalue weighted by atomic mass is 10.1. The summed E-state index contributed by atoms with van der Waals surface area (Å²) in [6, 6.07) is 11.6. The number of aryl methyl sites for hydroxylation is 2. The van der Waals surface area contributed by atoms with Gasteiger partial charge in [-0.05, 0) is 31.0 Å². The van der Waals surface area contributed by atoms with E-state index in [2.05, 4.69) is 5.32 Å². The van der Waals surface area contributed by atoms with Crippen molar-refractivity contribution in [1.82, 2.24) is 0 Å². The molecule has 5 nitrogen and oxygen atoms in total. The maximum absolute atomic E-state index is 12.2. The molecule has 5 heteroatoms. The molecule has 1 N–H and O–H groups in total. The molecule has 0 aromatic heterocycles. The molecule has 102 valence electrons. The highest BCUT2D eigenvalue weighted by Crippen LogP contribution is 2.23. The number of hydrogen-bond acceptors (Lipinski definition) is 3. The lowest BCUT2D eigenvalue weighted by Gasteiger charge is -2.11. The zero-order chi connectivity index (χ0) is 14.7. The molecular formula is C15H14N2O3. The van der Waals surface area contributed by atoms with Crippen molar-refractivity contribution in [1.29, 1.82) is 0 Å². The van der Waals surface area contributed by atoms with E-state index in [9.17, 15) is 14.9 Å². The zero-order valence-electron chi connectivity index (χ0n) is 11.2. The van der Waals surface area contributed by atoms with Gasteiger partial charge in [0, 0.05) is 11.8 Å². The smallest absolute Gasteiger partial charge is 0.282 e. The summed E-state index contributed by atoms with van der Waals surface area (Å²) in [4.78, 5) is 22.6. The molecule has 0 spiro atoms. The minimum atomic E-state index is -0.556. The van der Waals surface area contributed by atoms with Crippen LogP contribution in [0.5, 0.6) is 0 Å². The predicted molar refractivity (Wildman–Crippen MR) is 77.0 cm³/mol. The molecule has 0 saturated carbocycles. The van der Waals surface area contributed by atoms with Gasteiger partial charge in [0.2, 0.25) is 0 Å². The molecule has 2 aromatic carbocycles. The van der Waals surface area contributed by atoms with E-state index in [1.165, 1.54) is 18.2 Å². The summed E-state index contributed by atoms with van der Waals surface area (Å²) in [5, 5.41) is 13.7. The SMILES string of the molecule is Cc1cccc(C)c1NC(=O)c1ccccc1[N+](=O)[O-]. The Kier molecular flexibility index (Phi) is 3.79. The summed E-state index contributed by atoms with van der Waals surface area (Å²) in [5.74, 6) is -0.477. The summed E-state index contributed by atoms with van der Waals surface area (Å²) in [6.45, 7) is 3.75. The van der Waals surface area contributed by atoms with E-state index < -0.39 is 10.8 Å². The number of carbonyl (C=O) groups is 1. The zero-order valence-corrected chi connectivity index (χ0v) is 11.2. The van der Waals surface area contributed by atoms with Crippen molar-refractivity contribution in [2.24, 2.45) is 0 Å². The minimum absolute atomic E-state index is 0.0557. The topological polar surface area (TPSA) is 72.2 Å². The molecule has 2 rings (SSSR count). The van der Waals surface area contributed by atoms with Crippen molar-refractivity contribution in [2.75, 3.05) is 5.32 Å². The van der Waals surface area contributed by atoms with Crippen molar-refractivity contribution >= 4 is 17.3 Å². The van der Waals surface area contributed by atoms with E-state index in [4.69, 9.17) is 0 Å². The number of rotatable bonds is 3. The van der Waals surface area contributed by atoms with Gasteiger partial charge in [0.15, 0.2) is 0 Å². The fourth-order valence-corrected chi connectivity index (χ4v) is 2.02. The number of carbonyl (C=O) groups excluding carboxylic acids is 1. The molecule has 0 saturated heterocycles. The second-order valence-electron chi connectivity index (χ2n) is 4.50. The van der Waals surface area contributed by atoms with Crippen LogP contribution < -0.4 is 5.32 Å². The largest absolute Gasteiger partial charge is 0.321 e. The summed E-state index contributed by atoms with van der Waals surface area (Å²) in [7, 11) is 0. The molecule has 0 bridgehead atoms. The van der Waals surface area contributed by atoms with Crippen molar-refractivity contribution in [2.45, 2.75) is 13.8 Å². The monoisotopic (exact) mass is 270 g/mol. The van der Waals surface area contributed by atoms with Crippen molar-refractivity contribution in [3.8, 4) is 0 Å². The number of nitro benzene ring substituents is 1. The third-order valence-electron chi connectivity index (χ3n) is 3.07. The van der Waals surface area contributed by atoms with Crippen LogP contribution in [0.3, 0.4) is 0 Å². The Hall–Kier alpha value is -2.69. The molecule has 1 amide bonds. The highest BCUT2D eigenvalue weighted by atomic mass is 16.6. The van der Waals surface area contributed by atoms with Crippen LogP contribution in [0, 0.1) is 24.0 Å². The van der Waals surface area contributed by atoms with E-state index in [1.807, 2.05) is 32.0 Å². The highest BCUT2D eigenvalue weighted by molar-refractivity contribution is 6.07. The second-order valence-corrected chi connectivity index (χ2v) is 4.50. The van der Waals surface area contributed by atoms with E-state index in [0.29, 0.717) is 5.69 Å². The number of nitrogens with zero attached hydrogens (tertiary/aromatic N) is 1. The summed E-state index contributed by atoms with van der Waals surface area (Å²) in [5.41, 5.74) is 2.38. The standard InChI is InChI=1S/C15H14N2O3/c1-10-6-5-7-11(2)14(10)16-15(18)12-8-3-4-9-13(12)17(19)20/h3-9H,1-2H3,(H,16,18). The lowest BCUT2D eigenvalue weighted by molar-refractivity contribution is -0.385. The maximum Gasteiger partial charge on any atom is 0.282 e. The Balaban J connectivity index is 2.36. The first kappa shape index (κ1) is 13.7. The first-order valence-corrected chi connectivity index (χ1v) is 6.11. The van der Waals surface area contributed by atoms with Crippen molar-refractivity contribution < 1.29 is 9.72 Å². The number of amides is 1. The second kappa shape index (κ2) is 5.52. The van der Waals surface area contributed by atoms with Gasteiger partial charge in [0.05, 0.1) is 4.92 Å². The summed E-state index contributed by atoms with van der Waals surface area (Å²) >= 11 is 0. The van der Waals surface area contributed by atoms with Crippen LogP contribution in [0.1, 0.15) is 21.5 Å². The number of para-hydroxylation sites is 2. The molecule has 0 unspecified atom stereocenters. The summed E-state index contributed by atoms with van der Waals surface area (Å²) in [6.07, 6.45) is 0. The average Bonchev–Trinajstić information content (AvgIpc) is 2.43. The van der Waals surface area contributed by atoms with E-state index >= 15 is 0 Å². The number of nitrogens with one attached hydrogen (secondary N) is 1. The molecule has 20 heavy (non-hydrogen) atoms. The van der Waals surface area contributed by atoms with Gasteiger partial charge in [-0.15, -0.1) is 0 Å². The Morgan fingerprint density at radius 3 is 2.25 bits per heavy atom. The Morgan fingerprint density at radius 2 is 1.65 bits per heavy atom. The van der Waals surface area contributed by atoms with E-state index in [1.54, 1.807) is 6.07 Å². The normalized spacial score (nSPS) is 10.1. The van der Waals surface area contributed by atoms with Gasteiger partial charge in [-0.1, -0.05) is 30.3 Å². The van der Waals surface area contributed by atoms with Crippen LogP contribution >= 0.6 is 0 Å². The first-order valence-electron chi connectivity index (χ1n) is 6.11. The average molecular weight is 270 g/mol.